The van der Waals surface area contributed by atoms with E-state index in [4.69, 9.17) is 10.6 Å². The minimum atomic E-state index is -0.474. The average molecular weight is 219 g/mol. The minimum Gasteiger partial charge on any atom is -0.396 e. The van der Waals surface area contributed by atoms with Crippen LogP contribution in [0.1, 0.15) is 31.0 Å². The average Bonchev–Trinajstić information content (AvgIpc) is 2.26. The van der Waals surface area contributed by atoms with Crippen LogP contribution in [-0.4, -0.2) is 11.7 Å². The van der Waals surface area contributed by atoms with Crippen molar-refractivity contribution >= 4 is 0 Å². The molecule has 16 heavy (non-hydrogen) atoms. The molecule has 1 rings (SSSR count). The van der Waals surface area contributed by atoms with Crippen LogP contribution in [0.15, 0.2) is 29.4 Å². The van der Waals surface area contributed by atoms with E-state index in [1.807, 2.05) is 24.3 Å². The van der Waals surface area contributed by atoms with Gasteiger partial charge in [0.05, 0.1) is 12.6 Å². The minimum absolute atomic E-state index is 0.159. The number of aliphatic hydroxyl groups is 1. The van der Waals surface area contributed by atoms with E-state index in [-0.39, 0.29) is 6.61 Å². The van der Waals surface area contributed by atoms with Crippen molar-refractivity contribution in [2.24, 2.45) is 11.0 Å². The molecule has 0 aromatic heterocycles. The lowest BCUT2D eigenvalue weighted by atomic mass is 10.00. The number of hydrogen-bond donors (Lipinski definition) is 1. The molecule has 1 N–H and O–H groups in total. The molecular formula is C12H17N3O. The van der Waals surface area contributed by atoms with Crippen LogP contribution in [0, 0.1) is 5.92 Å². The Morgan fingerprint density at radius 3 is 2.38 bits per heavy atom. The third kappa shape index (κ3) is 3.57. The summed E-state index contributed by atoms with van der Waals surface area (Å²) in [4.78, 5) is 2.72. The molecule has 0 aliphatic rings. The molecular weight excluding hydrogens is 202 g/mol. The molecule has 86 valence electrons. The second kappa shape index (κ2) is 6.16. The third-order valence-corrected chi connectivity index (χ3v) is 2.37. The highest BCUT2D eigenvalue weighted by Gasteiger charge is 2.07. The fourth-order valence-electron chi connectivity index (χ4n) is 1.62. The van der Waals surface area contributed by atoms with Crippen LogP contribution >= 0.6 is 0 Å². The monoisotopic (exact) mass is 219 g/mol. The first-order chi connectivity index (χ1) is 7.67. The molecule has 0 amide bonds. The summed E-state index contributed by atoms with van der Waals surface area (Å²) >= 11 is 0. The summed E-state index contributed by atoms with van der Waals surface area (Å²) in [5, 5.41) is 12.6. The summed E-state index contributed by atoms with van der Waals surface area (Å²) in [5.74, 6) is 0.622. The lowest BCUT2D eigenvalue weighted by Crippen LogP contribution is -2.01. The van der Waals surface area contributed by atoms with E-state index >= 15 is 0 Å². The van der Waals surface area contributed by atoms with Gasteiger partial charge in [-0.2, -0.15) is 0 Å². The molecule has 1 aromatic rings. The molecule has 0 bridgehead atoms. The zero-order valence-electron chi connectivity index (χ0n) is 9.67. The van der Waals surface area contributed by atoms with Gasteiger partial charge in [-0.1, -0.05) is 43.2 Å². The number of aliphatic hydroxyl groups excluding tert-OH is 1. The molecule has 4 nitrogen and oxygen atoms in total. The number of nitrogens with zero attached hydrogens (tertiary/aromatic N) is 3. The first kappa shape index (κ1) is 12.6. The molecule has 0 aliphatic heterocycles. The second-order valence-electron chi connectivity index (χ2n) is 4.24. The smallest absolute Gasteiger partial charge is 0.0856 e. The molecule has 1 atom stereocenters. The summed E-state index contributed by atoms with van der Waals surface area (Å²) in [6.07, 6.45) is 1.03. The molecule has 4 heteroatoms. The van der Waals surface area contributed by atoms with Crippen molar-refractivity contribution in [3.05, 3.63) is 45.8 Å². The Morgan fingerprint density at radius 1 is 1.31 bits per heavy atom. The number of benzene rings is 1. The van der Waals surface area contributed by atoms with E-state index in [1.54, 1.807) is 0 Å². The lowest BCUT2D eigenvalue weighted by Gasteiger charge is -2.10. The summed E-state index contributed by atoms with van der Waals surface area (Å²) in [5.41, 5.74) is 10.5. The van der Waals surface area contributed by atoms with Crippen LogP contribution in [0.3, 0.4) is 0 Å². The van der Waals surface area contributed by atoms with Gasteiger partial charge in [0.15, 0.2) is 0 Å². The second-order valence-corrected chi connectivity index (χ2v) is 4.24. The van der Waals surface area contributed by atoms with Gasteiger partial charge in [-0.3, -0.25) is 0 Å². The van der Waals surface area contributed by atoms with Crippen LogP contribution in [-0.2, 0) is 6.42 Å². The Balaban J connectivity index is 2.80. The Morgan fingerprint density at radius 2 is 1.94 bits per heavy atom. The van der Waals surface area contributed by atoms with Crippen LogP contribution in [0.5, 0.6) is 0 Å². The Labute approximate surface area is 95.5 Å². The summed E-state index contributed by atoms with van der Waals surface area (Å²) < 4.78 is 0. The van der Waals surface area contributed by atoms with Crippen molar-refractivity contribution in [2.45, 2.75) is 26.3 Å². The van der Waals surface area contributed by atoms with E-state index in [2.05, 4.69) is 23.9 Å². The van der Waals surface area contributed by atoms with Gasteiger partial charge >= 0.3 is 0 Å². The summed E-state index contributed by atoms with van der Waals surface area (Å²) in [7, 11) is 0. The third-order valence-electron chi connectivity index (χ3n) is 2.37. The van der Waals surface area contributed by atoms with Crippen LogP contribution < -0.4 is 0 Å². The number of azide groups is 1. The highest BCUT2D eigenvalue weighted by atomic mass is 16.3. The summed E-state index contributed by atoms with van der Waals surface area (Å²) in [6.45, 7) is 4.18. The normalized spacial score (nSPS) is 12.2. The van der Waals surface area contributed by atoms with Crippen LogP contribution in [0.2, 0.25) is 0 Å². The highest BCUT2D eigenvalue weighted by molar-refractivity contribution is 5.25. The zero-order chi connectivity index (χ0) is 12.0. The lowest BCUT2D eigenvalue weighted by molar-refractivity contribution is 0.268. The van der Waals surface area contributed by atoms with Crippen molar-refractivity contribution in [3.8, 4) is 0 Å². The van der Waals surface area contributed by atoms with E-state index in [9.17, 15) is 0 Å². The maximum atomic E-state index is 9.06. The Hall–Kier alpha value is -1.51. The van der Waals surface area contributed by atoms with E-state index < -0.39 is 6.04 Å². The van der Waals surface area contributed by atoms with Crippen molar-refractivity contribution in [1.82, 2.24) is 0 Å². The Bertz CT molecular complexity index is 366. The van der Waals surface area contributed by atoms with Gasteiger partial charge in [-0.25, -0.2) is 0 Å². The molecule has 0 heterocycles. The molecule has 1 aromatic carbocycles. The van der Waals surface area contributed by atoms with Gasteiger partial charge in [-0.15, -0.1) is 0 Å². The van der Waals surface area contributed by atoms with Crippen molar-refractivity contribution in [2.75, 3.05) is 6.61 Å². The van der Waals surface area contributed by atoms with E-state index in [1.165, 1.54) is 5.56 Å². The predicted octanol–water partition coefficient (Wildman–Crippen LogP) is 3.23. The standard InChI is InChI=1S/C12H17N3O/c1-9(2)7-10-3-5-11(6-4-10)12(8-16)14-15-13/h3-6,9,12,16H,7-8H2,1-2H3. The maximum absolute atomic E-state index is 9.06. The SMILES string of the molecule is CC(C)Cc1ccc(C(CO)N=[N+]=[N-])cc1. The predicted molar refractivity (Wildman–Crippen MR) is 64.0 cm³/mol. The van der Waals surface area contributed by atoms with Gasteiger partial charge in [-0.05, 0) is 29.0 Å². The quantitative estimate of drug-likeness (QED) is 0.461. The van der Waals surface area contributed by atoms with Crippen LogP contribution in [0.25, 0.3) is 10.4 Å². The summed E-state index contributed by atoms with van der Waals surface area (Å²) in [6, 6.07) is 7.38. The number of rotatable bonds is 5. The molecule has 0 saturated heterocycles. The van der Waals surface area contributed by atoms with Gasteiger partial charge in [0.2, 0.25) is 0 Å². The fraction of sp³-hybridized carbons (Fsp3) is 0.500. The molecule has 0 fully saturated rings. The maximum Gasteiger partial charge on any atom is 0.0856 e. The van der Waals surface area contributed by atoms with Crippen molar-refractivity contribution < 1.29 is 5.11 Å². The van der Waals surface area contributed by atoms with Gasteiger partial charge in [0.1, 0.15) is 0 Å². The molecule has 0 radical (unpaired) electrons. The van der Waals surface area contributed by atoms with Gasteiger partial charge in [0, 0.05) is 4.91 Å². The van der Waals surface area contributed by atoms with Crippen LogP contribution in [0.4, 0.5) is 0 Å². The zero-order valence-corrected chi connectivity index (χ0v) is 9.67. The molecule has 0 spiro atoms. The van der Waals surface area contributed by atoms with E-state index in [0.717, 1.165) is 12.0 Å². The molecule has 0 saturated carbocycles. The van der Waals surface area contributed by atoms with Crippen molar-refractivity contribution in [3.63, 3.8) is 0 Å². The fourth-order valence-corrected chi connectivity index (χ4v) is 1.62. The Kier molecular flexibility index (Phi) is 4.83. The highest BCUT2D eigenvalue weighted by Crippen LogP contribution is 2.18. The van der Waals surface area contributed by atoms with Gasteiger partial charge < -0.3 is 5.11 Å². The number of hydrogen-bond acceptors (Lipinski definition) is 2. The van der Waals surface area contributed by atoms with Crippen molar-refractivity contribution in [1.29, 1.82) is 0 Å². The first-order valence-electron chi connectivity index (χ1n) is 5.41. The van der Waals surface area contributed by atoms with Gasteiger partial charge in [0.25, 0.3) is 0 Å². The molecule has 1 unspecified atom stereocenters. The largest absolute Gasteiger partial charge is 0.396 e. The molecule has 0 aliphatic carbocycles. The first-order valence-corrected chi connectivity index (χ1v) is 5.41. The van der Waals surface area contributed by atoms with E-state index in [0.29, 0.717) is 5.92 Å². The topological polar surface area (TPSA) is 69.0 Å².